The first-order valence-electron chi connectivity index (χ1n) is 9.62. The predicted molar refractivity (Wildman–Crippen MR) is 108 cm³/mol. The number of aromatic amines is 1. The van der Waals surface area contributed by atoms with Crippen LogP contribution in [0, 0.1) is 6.92 Å². The number of benzene rings is 2. The molecule has 0 radical (unpaired) electrons. The summed E-state index contributed by atoms with van der Waals surface area (Å²) in [6.45, 7) is 2.63. The Balaban J connectivity index is 1.67. The van der Waals surface area contributed by atoms with E-state index in [1.165, 1.54) is 10.1 Å². The summed E-state index contributed by atoms with van der Waals surface area (Å²) in [4.78, 5) is 41.8. The molecule has 6 nitrogen and oxygen atoms in total. The number of nitrogens with zero attached hydrogens (tertiary/aromatic N) is 2. The lowest BCUT2D eigenvalue weighted by Gasteiger charge is -2.36. The van der Waals surface area contributed by atoms with Crippen LogP contribution in [-0.4, -0.2) is 26.9 Å². The second kappa shape index (κ2) is 7.46. The number of piperidine rings is 1. The second-order valence-corrected chi connectivity index (χ2v) is 7.37. The zero-order valence-corrected chi connectivity index (χ0v) is 15.9. The van der Waals surface area contributed by atoms with Gasteiger partial charge in [-0.15, -0.1) is 0 Å². The summed E-state index contributed by atoms with van der Waals surface area (Å²) in [5.41, 5.74) is 1.80. The first kappa shape index (κ1) is 18.2. The number of nitrogens with one attached hydrogen (secondary N) is 1. The molecule has 1 aliphatic rings. The highest BCUT2D eigenvalue weighted by atomic mass is 16.2. The molecule has 1 N–H and O–H groups in total. The number of rotatable bonds is 3. The van der Waals surface area contributed by atoms with Gasteiger partial charge in [0.15, 0.2) is 0 Å². The molecule has 1 saturated heterocycles. The topological polar surface area (TPSA) is 75.2 Å². The van der Waals surface area contributed by atoms with Gasteiger partial charge in [0.1, 0.15) is 6.54 Å². The van der Waals surface area contributed by atoms with Gasteiger partial charge in [0, 0.05) is 6.54 Å². The molecule has 144 valence electrons. The largest absolute Gasteiger partial charge is 0.334 e. The standard InChI is InChI=1S/C22H23N3O3/c1-15-9-11-16(12-10-15)18-7-4-5-13-24(18)20(26)14-25-19-8-3-2-6-17(19)21(27)23-22(25)28/h2-3,6,8-12,18H,4-5,7,13-14H2,1H3,(H,23,27,28). The van der Waals surface area contributed by atoms with Crippen molar-refractivity contribution in [2.24, 2.45) is 0 Å². The lowest BCUT2D eigenvalue weighted by molar-refractivity contribution is -0.135. The Hall–Kier alpha value is -3.15. The first-order chi connectivity index (χ1) is 13.5. The van der Waals surface area contributed by atoms with E-state index in [9.17, 15) is 14.4 Å². The summed E-state index contributed by atoms with van der Waals surface area (Å²) in [6.07, 6.45) is 2.94. The van der Waals surface area contributed by atoms with Gasteiger partial charge in [-0.05, 0) is 43.9 Å². The Labute approximate surface area is 162 Å². The average molecular weight is 377 g/mol. The lowest BCUT2D eigenvalue weighted by atomic mass is 9.94. The van der Waals surface area contributed by atoms with Gasteiger partial charge < -0.3 is 4.90 Å². The minimum atomic E-state index is -0.555. The Morgan fingerprint density at radius 2 is 1.82 bits per heavy atom. The van der Waals surface area contributed by atoms with Gasteiger partial charge in [-0.2, -0.15) is 0 Å². The van der Waals surface area contributed by atoms with Crippen molar-refractivity contribution in [3.63, 3.8) is 0 Å². The monoisotopic (exact) mass is 377 g/mol. The maximum absolute atomic E-state index is 13.2. The van der Waals surface area contributed by atoms with Gasteiger partial charge in [0.25, 0.3) is 5.56 Å². The molecule has 4 rings (SSSR count). The Morgan fingerprint density at radius 1 is 1.07 bits per heavy atom. The lowest BCUT2D eigenvalue weighted by Crippen LogP contribution is -2.42. The molecule has 0 spiro atoms. The van der Waals surface area contributed by atoms with Crippen molar-refractivity contribution in [3.8, 4) is 0 Å². The van der Waals surface area contributed by atoms with Crippen molar-refractivity contribution in [2.75, 3.05) is 6.54 Å². The van der Waals surface area contributed by atoms with Gasteiger partial charge in [-0.3, -0.25) is 19.1 Å². The Morgan fingerprint density at radius 3 is 2.61 bits per heavy atom. The number of H-pyrrole nitrogens is 1. The summed E-state index contributed by atoms with van der Waals surface area (Å²) in [5.74, 6) is -0.107. The third-order valence-corrected chi connectivity index (χ3v) is 5.48. The van der Waals surface area contributed by atoms with Crippen LogP contribution in [0.5, 0.6) is 0 Å². The Kier molecular flexibility index (Phi) is 4.86. The number of likely N-dealkylation sites (tertiary alicyclic amines) is 1. The van der Waals surface area contributed by atoms with Crippen molar-refractivity contribution < 1.29 is 4.79 Å². The number of carbonyl (C=O) groups is 1. The van der Waals surface area contributed by atoms with Crippen LogP contribution in [0.15, 0.2) is 58.1 Å². The molecule has 3 aromatic rings. The first-order valence-corrected chi connectivity index (χ1v) is 9.62. The molecule has 28 heavy (non-hydrogen) atoms. The molecule has 2 aromatic carbocycles. The number of fused-ring (bicyclic) bond motifs is 1. The molecule has 1 atom stereocenters. The van der Waals surface area contributed by atoms with Crippen molar-refractivity contribution in [2.45, 2.75) is 38.8 Å². The third-order valence-electron chi connectivity index (χ3n) is 5.48. The molecule has 1 amide bonds. The number of aromatic nitrogens is 2. The number of amides is 1. The molecule has 0 aliphatic carbocycles. The fourth-order valence-electron chi connectivity index (χ4n) is 3.99. The molecule has 1 aliphatic heterocycles. The van der Waals surface area contributed by atoms with Gasteiger partial charge in [-0.25, -0.2) is 4.79 Å². The number of aryl methyl sites for hydroxylation is 1. The third kappa shape index (κ3) is 3.38. The molecular weight excluding hydrogens is 354 g/mol. The van der Waals surface area contributed by atoms with E-state index < -0.39 is 11.2 Å². The minimum Gasteiger partial charge on any atom is -0.334 e. The van der Waals surface area contributed by atoms with Crippen molar-refractivity contribution in [1.29, 1.82) is 0 Å². The summed E-state index contributed by atoms with van der Waals surface area (Å²) >= 11 is 0. The van der Waals surface area contributed by atoms with Gasteiger partial charge >= 0.3 is 5.69 Å². The van der Waals surface area contributed by atoms with Crippen LogP contribution < -0.4 is 11.2 Å². The highest BCUT2D eigenvalue weighted by Crippen LogP contribution is 2.31. The minimum absolute atomic E-state index is 0.0200. The normalized spacial score (nSPS) is 17.0. The molecule has 6 heteroatoms. The van der Waals surface area contributed by atoms with E-state index >= 15 is 0 Å². The van der Waals surface area contributed by atoms with Crippen LogP contribution in [0.3, 0.4) is 0 Å². The van der Waals surface area contributed by atoms with E-state index in [0.29, 0.717) is 17.4 Å². The number of para-hydroxylation sites is 1. The molecular formula is C22H23N3O3. The number of hydrogen-bond acceptors (Lipinski definition) is 3. The van der Waals surface area contributed by atoms with E-state index in [2.05, 4.69) is 29.2 Å². The van der Waals surface area contributed by atoms with Gasteiger partial charge in [-0.1, -0.05) is 42.0 Å². The molecule has 0 saturated carbocycles. The van der Waals surface area contributed by atoms with Gasteiger partial charge in [0.05, 0.1) is 16.9 Å². The smallest absolute Gasteiger partial charge is 0.329 e. The fraction of sp³-hybridized carbons (Fsp3) is 0.318. The van der Waals surface area contributed by atoms with Crippen LogP contribution in [-0.2, 0) is 11.3 Å². The number of carbonyl (C=O) groups excluding carboxylic acids is 1. The van der Waals surface area contributed by atoms with Crippen LogP contribution >= 0.6 is 0 Å². The van der Waals surface area contributed by atoms with Crippen LogP contribution in [0.25, 0.3) is 10.9 Å². The maximum Gasteiger partial charge on any atom is 0.329 e. The number of hydrogen-bond donors (Lipinski definition) is 1. The summed E-state index contributed by atoms with van der Waals surface area (Å²) in [5, 5.41) is 0.406. The zero-order valence-electron chi connectivity index (χ0n) is 15.9. The van der Waals surface area contributed by atoms with E-state index in [0.717, 1.165) is 24.8 Å². The Bertz CT molecular complexity index is 1130. The summed E-state index contributed by atoms with van der Waals surface area (Å²) in [7, 11) is 0. The highest BCUT2D eigenvalue weighted by Gasteiger charge is 2.28. The van der Waals surface area contributed by atoms with E-state index in [-0.39, 0.29) is 18.5 Å². The van der Waals surface area contributed by atoms with E-state index in [1.807, 2.05) is 11.8 Å². The van der Waals surface area contributed by atoms with Crippen LogP contribution in [0.4, 0.5) is 0 Å². The molecule has 2 heterocycles. The molecule has 1 unspecified atom stereocenters. The predicted octanol–water partition coefficient (Wildman–Crippen LogP) is 2.75. The van der Waals surface area contributed by atoms with Crippen LogP contribution in [0.1, 0.15) is 36.4 Å². The van der Waals surface area contributed by atoms with Gasteiger partial charge in [0.2, 0.25) is 5.91 Å². The van der Waals surface area contributed by atoms with Crippen molar-refractivity contribution in [3.05, 3.63) is 80.5 Å². The van der Waals surface area contributed by atoms with E-state index in [1.54, 1.807) is 24.3 Å². The quantitative estimate of drug-likeness (QED) is 0.763. The van der Waals surface area contributed by atoms with Crippen molar-refractivity contribution in [1.82, 2.24) is 14.5 Å². The summed E-state index contributed by atoms with van der Waals surface area (Å²) < 4.78 is 1.36. The highest BCUT2D eigenvalue weighted by molar-refractivity contribution is 5.81. The average Bonchev–Trinajstić information content (AvgIpc) is 2.71. The summed E-state index contributed by atoms with van der Waals surface area (Å²) in [6, 6.07) is 15.2. The van der Waals surface area contributed by atoms with Crippen LogP contribution in [0.2, 0.25) is 0 Å². The SMILES string of the molecule is Cc1ccc(C2CCCCN2C(=O)Cn2c(=O)[nH]c(=O)c3ccccc32)cc1. The zero-order chi connectivity index (χ0) is 19.7. The molecule has 0 bridgehead atoms. The molecule has 1 aromatic heterocycles. The second-order valence-electron chi connectivity index (χ2n) is 7.37. The van der Waals surface area contributed by atoms with Crippen molar-refractivity contribution >= 4 is 16.8 Å². The van der Waals surface area contributed by atoms with E-state index in [4.69, 9.17) is 0 Å². The molecule has 1 fully saturated rings. The maximum atomic E-state index is 13.2. The fourth-order valence-corrected chi connectivity index (χ4v) is 3.99.